The number of aromatic nitrogens is 1. The Morgan fingerprint density at radius 3 is 2.74 bits per heavy atom. The molecule has 1 aromatic heterocycles. The van der Waals surface area contributed by atoms with E-state index in [4.69, 9.17) is 31.1 Å². The standard InChI is InChI=1S/C28H26ClN3O5S/c1-5-35-27(34)24-17(4)31-28-32(25(24)20-8-6-7-9-22(20)37-16(2)3)26(33)23(38-28)15-18-14-19(29)10-11-21(18)36-13-12-30/h6-11,14-16,25H,5,13H2,1-4H3/b23-15-/t25-/m1/s1. The molecule has 3 aromatic rings. The summed E-state index contributed by atoms with van der Waals surface area (Å²) in [6, 6.07) is 13.4. The lowest BCUT2D eigenvalue weighted by molar-refractivity contribution is -0.139. The normalized spacial score (nSPS) is 15.1. The molecule has 0 spiro atoms. The van der Waals surface area contributed by atoms with Crippen molar-refractivity contribution >= 4 is 35.0 Å². The zero-order valence-corrected chi connectivity index (χ0v) is 22.9. The summed E-state index contributed by atoms with van der Waals surface area (Å²) in [7, 11) is 0. The van der Waals surface area contributed by atoms with Gasteiger partial charge in [0, 0.05) is 16.1 Å². The van der Waals surface area contributed by atoms with E-state index in [-0.39, 0.29) is 30.5 Å². The highest BCUT2D eigenvalue weighted by Gasteiger charge is 2.35. The Balaban J connectivity index is 1.98. The number of para-hydroxylation sites is 1. The minimum Gasteiger partial charge on any atom is -0.491 e. The average Bonchev–Trinajstić information content (AvgIpc) is 3.17. The van der Waals surface area contributed by atoms with E-state index in [9.17, 15) is 9.59 Å². The van der Waals surface area contributed by atoms with E-state index >= 15 is 0 Å². The average molecular weight is 552 g/mol. The Labute approximate surface area is 228 Å². The van der Waals surface area contributed by atoms with E-state index in [2.05, 4.69) is 4.99 Å². The SMILES string of the molecule is CCOC(=O)C1=C(C)N=c2s/c(=C\c3cc(Cl)ccc3OCC#N)c(=O)n2[C@@H]1c1ccccc1OC(C)C. The molecule has 0 amide bonds. The monoisotopic (exact) mass is 551 g/mol. The van der Waals surface area contributed by atoms with Gasteiger partial charge in [-0.3, -0.25) is 9.36 Å². The molecule has 1 aliphatic heterocycles. The molecule has 2 heterocycles. The zero-order valence-electron chi connectivity index (χ0n) is 21.4. The van der Waals surface area contributed by atoms with Crippen LogP contribution in [0.25, 0.3) is 6.08 Å². The molecular weight excluding hydrogens is 526 g/mol. The molecule has 2 aromatic carbocycles. The van der Waals surface area contributed by atoms with Crippen molar-refractivity contribution < 1.29 is 19.0 Å². The molecule has 1 atom stereocenters. The molecule has 8 nitrogen and oxygen atoms in total. The summed E-state index contributed by atoms with van der Waals surface area (Å²) in [6.07, 6.45) is 1.53. The molecule has 0 aliphatic carbocycles. The van der Waals surface area contributed by atoms with Crippen LogP contribution in [0.5, 0.6) is 11.5 Å². The summed E-state index contributed by atoms with van der Waals surface area (Å²) < 4.78 is 18.8. The van der Waals surface area contributed by atoms with Gasteiger partial charge in [0.1, 0.15) is 23.6 Å². The first-order valence-electron chi connectivity index (χ1n) is 12.0. The molecule has 0 radical (unpaired) electrons. The maximum atomic E-state index is 13.9. The maximum Gasteiger partial charge on any atom is 0.338 e. The minimum atomic E-state index is -0.809. The third-order valence-corrected chi connectivity index (χ3v) is 6.86. The van der Waals surface area contributed by atoms with Gasteiger partial charge in [0.05, 0.1) is 28.5 Å². The van der Waals surface area contributed by atoms with E-state index in [1.165, 1.54) is 15.9 Å². The van der Waals surface area contributed by atoms with Crippen molar-refractivity contribution in [3.05, 3.63) is 89.6 Å². The molecule has 0 fully saturated rings. The highest BCUT2D eigenvalue weighted by molar-refractivity contribution is 7.07. The van der Waals surface area contributed by atoms with Gasteiger partial charge in [-0.1, -0.05) is 41.1 Å². The van der Waals surface area contributed by atoms with Crippen LogP contribution in [-0.4, -0.2) is 29.9 Å². The topological polar surface area (TPSA) is 103 Å². The van der Waals surface area contributed by atoms with Crippen molar-refractivity contribution in [2.24, 2.45) is 4.99 Å². The highest BCUT2D eigenvalue weighted by Crippen LogP contribution is 2.36. The quantitative estimate of drug-likeness (QED) is 0.390. The lowest BCUT2D eigenvalue weighted by atomic mass is 9.95. The van der Waals surface area contributed by atoms with Crippen LogP contribution in [0.15, 0.2) is 63.5 Å². The second-order valence-corrected chi connectivity index (χ2v) is 10.1. The minimum absolute atomic E-state index is 0.127. The van der Waals surface area contributed by atoms with Crippen LogP contribution < -0.4 is 24.4 Å². The second kappa shape index (κ2) is 11.7. The van der Waals surface area contributed by atoms with Crippen molar-refractivity contribution in [1.82, 2.24) is 4.57 Å². The van der Waals surface area contributed by atoms with Gasteiger partial charge in [0.25, 0.3) is 5.56 Å². The largest absolute Gasteiger partial charge is 0.491 e. The number of nitrogens with zero attached hydrogens (tertiary/aromatic N) is 3. The van der Waals surface area contributed by atoms with Gasteiger partial charge in [-0.25, -0.2) is 9.79 Å². The smallest absolute Gasteiger partial charge is 0.338 e. The fourth-order valence-corrected chi connectivity index (χ4v) is 5.39. The van der Waals surface area contributed by atoms with Gasteiger partial charge >= 0.3 is 5.97 Å². The number of carbonyl (C=O) groups excluding carboxylic acids is 1. The number of fused-ring (bicyclic) bond motifs is 1. The van der Waals surface area contributed by atoms with E-state index < -0.39 is 12.0 Å². The van der Waals surface area contributed by atoms with Gasteiger partial charge in [-0.05, 0) is 58.0 Å². The number of thiazole rings is 1. The Kier molecular flexibility index (Phi) is 8.35. The summed E-state index contributed by atoms with van der Waals surface area (Å²) >= 11 is 7.39. The van der Waals surface area contributed by atoms with E-state index in [0.29, 0.717) is 42.7 Å². The van der Waals surface area contributed by atoms with Crippen LogP contribution in [0.3, 0.4) is 0 Å². The number of esters is 1. The summed E-state index contributed by atoms with van der Waals surface area (Å²) in [4.78, 5) is 32.1. The lowest BCUT2D eigenvalue weighted by Gasteiger charge is -2.26. The Bertz CT molecular complexity index is 1630. The first kappa shape index (κ1) is 27.2. The molecule has 10 heteroatoms. The molecule has 4 rings (SSSR count). The molecule has 196 valence electrons. The van der Waals surface area contributed by atoms with Crippen LogP contribution in [0.4, 0.5) is 0 Å². The third kappa shape index (κ3) is 5.52. The highest BCUT2D eigenvalue weighted by atomic mass is 35.5. The molecule has 0 N–H and O–H groups in total. The number of hydrogen-bond donors (Lipinski definition) is 0. The zero-order chi connectivity index (χ0) is 27.4. The van der Waals surface area contributed by atoms with Gasteiger partial charge in [-0.15, -0.1) is 0 Å². The predicted molar refractivity (Wildman–Crippen MR) is 145 cm³/mol. The van der Waals surface area contributed by atoms with Gasteiger partial charge in [0.15, 0.2) is 11.4 Å². The number of allylic oxidation sites excluding steroid dienone is 1. The summed E-state index contributed by atoms with van der Waals surface area (Å²) in [5.41, 5.74) is 1.57. The number of halogens is 1. The number of ether oxygens (including phenoxy) is 3. The number of nitriles is 1. The van der Waals surface area contributed by atoms with E-state index in [1.807, 2.05) is 44.2 Å². The summed E-state index contributed by atoms with van der Waals surface area (Å²) in [6.45, 7) is 7.30. The molecule has 0 saturated carbocycles. The molecule has 0 saturated heterocycles. The van der Waals surface area contributed by atoms with Crippen LogP contribution >= 0.6 is 22.9 Å². The first-order valence-corrected chi connectivity index (χ1v) is 13.2. The van der Waals surface area contributed by atoms with Gasteiger partial charge < -0.3 is 14.2 Å². The van der Waals surface area contributed by atoms with Crippen molar-refractivity contribution in [3.8, 4) is 17.6 Å². The molecule has 1 aliphatic rings. The Hall–Kier alpha value is -3.87. The van der Waals surface area contributed by atoms with Crippen LogP contribution in [0.2, 0.25) is 5.02 Å². The first-order chi connectivity index (χ1) is 18.2. The van der Waals surface area contributed by atoms with Crippen LogP contribution in [-0.2, 0) is 9.53 Å². The molecule has 0 bridgehead atoms. The molecular formula is C28H26ClN3O5S. The van der Waals surface area contributed by atoms with Crippen LogP contribution in [0, 0.1) is 11.3 Å². The van der Waals surface area contributed by atoms with E-state index in [1.54, 1.807) is 38.1 Å². The van der Waals surface area contributed by atoms with Crippen molar-refractivity contribution in [2.75, 3.05) is 13.2 Å². The van der Waals surface area contributed by atoms with Gasteiger partial charge in [0.2, 0.25) is 0 Å². The Morgan fingerprint density at radius 2 is 2.03 bits per heavy atom. The summed E-state index contributed by atoms with van der Waals surface area (Å²) in [5.74, 6) is 0.424. The van der Waals surface area contributed by atoms with Crippen molar-refractivity contribution in [2.45, 2.75) is 39.8 Å². The second-order valence-electron chi connectivity index (χ2n) is 8.64. The fraction of sp³-hybridized carbons (Fsp3) is 0.286. The number of benzene rings is 2. The fourth-order valence-electron chi connectivity index (χ4n) is 4.17. The lowest BCUT2D eigenvalue weighted by Crippen LogP contribution is -2.40. The maximum absolute atomic E-state index is 13.9. The Morgan fingerprint density at radius 1 is 1.26 bits per heavy atom. The summed E-state index contributed by atoms with van der Waals surface area (Å²) in [5, 5.41) is 9.39. The molecule has 0 unspecified atom stereocenters. The number of carbonyl (C=O) groups is 1. The third-order valence-electron chi connectivity index (χ3n) is 5.64. The van der Waals surface area contributed by atoms with Crippen LogP contribution in [0.1, 0.15) is 44.9 Å². The number of hydrogen-bond acceptors (Lipinski definition) is 8. The van der Waals surface area contributed by atoms with Crippen molar-refractivity contribution in [1.29, 1.82) is 5.26 Å². The van der Waals surface area contributed by atoms with Crippen molar-refractivity contribution in [3.63, 3.8) is 0 Å². The van der Waals surface area contributed by atoms with E-state index in [0.717, 1.165) is 0 Å². The van der Waals surface area contributed by atoms with Gasteiger partial charge in [-0.2, -0.15) is 5.26 Å². The predicted octanol–water partition coefficient (Wildman–Crippen LogP) is 4.14. The number of rotatable bonds is 8. The molecule has 38 heavy (non-hydrogen) atoms.